The van der Waals surface area contributed by atoms with E-state index in [2.05, 4.69) is 0 Å². The normalized spacial score (nSPS) is 17.2. The number of aliphatic carboxylic acids is 1. The number of anilines is 1. The van der Waals surface area contributed by atoms with Crippen molar-refractivity contribution >= 4 is 21.7 Å². The first kappa shape index (κ1) is 15.4. The maximum absolute atomic E-state index is 12.9. The van der Waals surface area contributed by atoms with E-state index in [0.29, 0.717) is 11.4 Å². The van der Waals surface area contributed by atoms with Crippen molar-refractivity contribution < 1.29 is 23.1 Å². The van der Waals surface area contributed by atoms with Crippen LogP contribution in [0.3, 0.4) is 0 Å². The average molecular weight is 333 g/mol. The third-order valence-electron chi connectivity index (χ3n) is 3.53. The van der Waals surface area contributed by atoms with E-state index in [-0.39, 0.29) is 17.9 Å². The number of sulfonamides is 1. The molecule has 1 N–H and O–H groups in total. The molecular weight excluding hydrogens is 318 g/mol. The van der Waals surface area contributed by atoms with Crippen LogP contribution in [0.5, 0.6) is 5.75 Å². The molecule has 2 aromatic carbocycles. The van der Waals surface area contributed by atoms with Crippen LogP contribution in [0.25, 0.3) is 0 Å². The molecule has 0 unspecified atom stereocenters. The Bertz CT molecular complexity index is 819. The summed E-state index contributed by atoms with van der Waals surface area (Å²) in [5.41, 5.74) is 0.415. The van der Waals surface area contributed by atoms with E-state index in [9.17, 15) is 13.2 Å². The Hall–Kier alpha value is -2.54. The summed E-state index contributed by atoms with van der Waals surface area (Å²) in [4.78, 5) is 11.1. The zero-order valence-electron chi connectivity index (χ0n) is 12.1. The van der Waals surface area contributed by atoms with E-state index in [1.807, 2.05) is 0 Å². The second-order valence-electron chi connectivity index (χ2n) is 5.15. The molecule has 0 aromatic heterocycles. The zero-order chi connectivity index (χ0) is 16.4. The van der Waals surface area contributed by atoms with Gasteiger partial charge in [-0.15, -0.1) is 0 Å². The second kappa shape index (κ2) is 5.92. The smallest absolute Gasteiger partial charge is 0.307 e. The number of hydrogen-bond donors (Lipinski definition) is 1. The predicted octanol–water partition coefficient (Wildman–Crippen LogP) is 2.12. The quantitative estimate of drug-likeness (QED) is 0.926. The van der Waals surface area contributed by atoms with Gasteiger partial charge in [0.2, 0.25) is 0 Å². The summed E-state index contributed by atoms with van der Waals surface area (Å²) in [5, 5.41) is 8.97. The number of carbonyl (C=O) groups is 1. The first-order valence-electron chi connectivity index (χ1n) is 7.04. The molecule has 23 heavy (non-hydrogen) atoms. The second-order valence-corrected chi connectivity index (χ2v) is 7.02. The standard InChI is InChI=1S/C16H15NO5S/c18-16(19)10-12-11-17(14-8-4-5-9-15(14)22-12)23(20,21)13-6-2-1-3-7-13/h1-9,12H,10-11H2,(H,18,19)/t12-/m1/s1. The minimum Gasteiger partial charge on any atom is -0.486 e. The lowest BCUT2D eigenvalue weighted by Gasteiger charge is -2.34. The molecule has 0 aliphatic carbocycles. The van der Waals surface area contributed by atoms with E-state index in [1.165, 1.54) is 16.4 Å². The highest BCUT2D eigenvalue weighted by Crippen LogP contribution is 2.37. The predicted molar refractivity (Wildman–Crippen MR) is 84.1 cm³/mol. The highest BCUT2D eigenvalue weighted by molar-refractivity contribution is 7.92. The molecule has 0 spiro atoms. The molecule has 2 aromatic rings. The third kappa shape index (κ3) is 3.00. The van der Waals surface area contributed by atoms with E-state index in [1.54, 1.807) is 42.5 Å². The summed E-state index contributed by atoms with van der Waals surface area (Å²) in [6.07, 6.45) is -1.00. The van der Waals surface area contributed by atoms with Gasteiger partial charge in [0.25, 0.3) is 10.0 Å². The molecule has 7 heteroatoms. The molecule has 120 valence electrons. The maximum atomic E-state index is 12.9. The van der Waals surface area contributed by atoms with Gasteiger partial charge in [0.15, 0.2) is 0 Å². The minimum atomic E-state index is -3.78. The Morgan fingerprint density at radius 3 is 2.48 bits per heavy atom. The summed E-state index contributed by atoms with van der Waals surface area (Å²) >= 11 is 0. The Labute approximate surface area is 134 Å². The number of carboxylic acid groups (broad SMARTS) is 1. The van der Waals surface area contributed by atoms with E-state index >= 15 is 0 Å². The van der Waals surface area contributed by atoms with Crippen LogP contribution in [0.1, 0.15) is 6.42 Å². The van der Waals surface area contributed by atoms with Crippen molar-refractivity contribution in [2.45, 2.75) is 17.4 Å². The molecule has 0 fully saturated rings. The van der Waals surface area contributed by atoms with Crippen LogP contribution in [0.15, 0.2) is 59.5 Å². The maximum Gasteiger partial charge on any atom is 0.307 e. The van der Waals surface area contributed by atoms with Gasteiger partial charge in [0.1, 0.15) is 11.9 Å². The summed E-state index contributed by atoms with van der Waals surface area (Å²) < 4.78 is 32.6. The minimum absolute atomic E-state index is 0.0411. The highest BCUT2D eigenvalue weighted by atomic mass is 32.2. The Morgan fingerprint density at radius 2 is 1.78 bits per heavy atom. The van der Waals surface area contributed by atoms with Crippen LogP contribution < -0.4 is 9.04 Å². The number of rotatable bonds is 4. The van der Waals surface area contributed by atoms with Gasteiger partial charge in [-0.2, -0.15) is 0 Å². The van der Waals surface area contributed by atoms with Crippen molar-refractivity contribution in [3.63, 3.8) is 0 Å². The lowest BCUT2D eigenvalue weighted by Crippen LogP contribution is -2.44. The molecule has 0 saturated carbocycles. The SMILES string of the molecule is O=C(O)C[C@@H]1CN(S(=O)(=O)c2ccccc2)c2ccccc2O1. The fraction of sp³-hybridized carbons (Fsp3) is 0.188. The van der Waals surface area contributed by atoms with Crippen LogP contribution in [-0.4, -0.2) is 32.1 Å². The molecule has 1 heterocycles. The van der Waals surface area contributed by atoms with Crippen molar-refractivity contribution in [1.82, 2.24) is 0 Å². The summed E-state index contributed by atoms with van der Waals surface area (Å²) in [6.45, 7) is -0.0411. The fourth-order valence-electron chi connectivity index (χ4n) is 2.51. The number of nitrogens with zero attached hydrogens (tertiary/aromatic N) is 1. The monoisotopic (exact) mass is 333 g/mol. The zero-order valence-corrected chi connectivity index (χ0v) is 12.9. The van der Waals surface area contributed by atoms with Crippen molar-refractivity contribution in [3.8, 4) is 5.75 Å². The molecule has 1 aliphatic rings. The fourth-order valence-corrected chi connectivity index (χ4v) is 4.04. The van der Waals surface area contributed by atoms with Crippen LogP contribution in [0.2, 0.25) is 0 Å². The van der Waals surface area contributed by atoms with Crippen molar-refractivity contribution in [2.75, 3.05) is 10.8 Å². The lowest BCUT2D eigenvalue weighted by atomic mass is 10.2. The Kier molecular flexibility index (Phi) is 3.96. The van der Waals surface area contributed by atoms with Crippen molar-refractivity contribution in [1.29, 1.82) is 0 Å². The van der Waals surface area contributed by atoms with Crippen LogP contribution in [0, 0.1) is 0 Å². The number of para-hydroxylation sites is 2. The van der Waals surface area contributed by atoms with Gasteiger partial charge in [-0.3, -0.25) is 9.10 Å². The molecule has 0 radical (unpaired) electrons. The van der Waals surface area contributed by atoms with Gasteiger partial charge in [-0.1, -0.05) is 30.3 Å². The van der Waals surface area contributed by atoms with Gasteiger partial charge < -0.3 is 9.84 Å². The van der Waals surface area contributed by atoms with Gasteiger partial charge in [0.05, 0.1) is 23.5 Å². The Morgan fingerprint density at radius 1 is 1.13 bits per heavy atom. The van der Waals surface area contributed by atoms with Crippen LogP contribution >= 0.6 is 0 Å². The van der Waals surface area contributed by atoms with E-state index in [0.717, 1.165) is 0 Å². The number of hydrogen-bond acceptors (Lipinski definition) is 4. The van der Waals surface area contributed by atoms with Crippen molar-refractivity contribution in [3.05, 3.63) is 54.6 Å². The van der Waals surface area contributed by atoms with E-state index in [4.69, 9.17) is 9.84 Å². The van der Waals surface area contributed by atoms with Gasteiger partial charge in [-0.05, 0) is 24.3 Å². The number of carboxylic acids is 1. The van der Waals surface area contributed by atoms with Crippen molar-refractivity contribution in [2.24, 2.45) is 0 Å². The molecule has 0 saturated heterocycles. The number of ether oxygens (including phenoxy) is 1. The highest BCUT2D eigenvalue weighted by Gasteiger charge is 2.35. The number of fused-ring (bicyclic) bond motifs is 1. The molecular formula is C16H15NO5S. The Balaban J connectivity index is 2.05. The topological polar surface area (TPSA) is 83.9 Å². The van der Waals surface area contributed by atoms with Gasteiger partial charge >= 0.3 is 5.97 Å². The number of benzene rings is 2. The van der Waals surface area contributed by atoms with Gasteiger partial charge in [0, 0.05) is 0 Å². The molecule has 3 rings (SSSR count). The van der Waals surface area contributed by atoms with E-state index < -0.39 is 22.1 Å². The molecule has 1 atom stereocenters. The lowest BCUT2D eigenvalue weighted by molar-refractivity contribution is -0.138. The molecule has 0 bridgehead atoms. The van der Waals surface area contributed by atoms with Gasteiger partial charge in [-0.25, -0.2) is 8.42 Å². The van der Waals surface area contributed by atoms with Crippen LogP contribution in [-0.2, 0) is 14.8 Å². The summed E-state index contributed by atoms with van der Waals surface area (Å²) in [7, 11) is -3.78. The molecule has 1 aliphatic heterocycles. The average Bonchev–Trinajstić information content (AvgIpc) is 2.54. The van der Waals surface area contributed by atoms with Crippen LogP contribution in [0.4, 0.5) is 5.69 Å². The molecule has 6 nitrogen and oxygen atoms in total. The molecule has 0 amide bonds. The largest absolute Gasteiger partial charge is 0.486 e. The first-order chi connectivity index (χ1) is 11.0. The first-order valence-corrected chi connectivity index (χ1v) is 8.48. The third-order valence-corrected chi connectivity index (χ3v) is 5.32. The summed E-state index contributed by atoms with van der Waals surface area (Å²) in [6, 6.07) is 14.8. The summed E-state index contributed by atoms with van der Waals surface area (Å²) in [5.74, 6) is -0.670.